The summed E-state index contributed by atoms with van der Waals surface area (Å²) in [4.78, 5) is 0. The van der Waals surface area contributed by atoms with Crippen LogP contribution in [0.4, 0.5) is 4.39 Å². The van der Waals surface area contributed by atoms with Gasteiger partial charge in [-0.2, -0.15) is 0 Å². The number of benzene rings is 2. The Morgan fingerprint density at radius 3 is 2.65 bits per heavy atom. The van der Waals surface area contributed by atoms with E-state index in [2.05, 4.69) is 37.3 Å². The van der Waals surface area contributed by atoms with Crippen molar-refractivity contribution in [3.8, 4) is 0 Å². The van der Waals surface area contributed by atoms with Crippen LogP contribution in [0.25, 0.3) is 0 Å². The number of hydrogen-bond donors (Lipinski definition) is 2. The van der Waals surface area contributed by atoms with Gasteiger partial charge < -0.3 is 0 Å². The van der Waals surface area contributed by atoms with Crippen LogP contribution in [0, 0.1) is 5.82 Å². The summed E-state index contributed by atoms with van der Waals surface area (Å²) in [6.07, 6.45) is 0.401. The molecule has 1 atom stereocenters. The SMILES string of the molecule is NNC(Cc1cc(Cl)ccc1F)c1cc(Br)ccc1Br. The van der Waals surface area contributed by atoms with Gasteiger partial charge >= 0.3 is 0 Å². The highest BCUT2D eigenvalue weighted by Crippen LogP contribution is 2.29. The van der Waals surface area contributed by atoms with Crippen molar-refractivity contribution in [3.05, 3.63) is 67.3 Å². The zero-order valence-electron chi connectivity index (χ0n) is 10.3. The topological polar surface area (TPSA) is 38.0 Å². The summed E-state index contributed by atoms with van der Waals surface area (Å²) < 4.78 is 15.7. The molecule has 20 heavy (non-hydrogen) atoms. The van der Waals surface area contributed by atoms with Gasteiger partial charge in [-0.25, -0.2) is 4.39 Å². The minimum absolute atomic E-state index is 0.227. The van der Waals surface area contributed by atoms with Gasteiger partial charge in [-0.05, 0) is 53.9 Å². The highest BCUT2D eigenvalue weighted by atomic mass is 79.9. The smallest absolute Gasteiger partial charge is 0.126 e. The lowest BCUT2D eigenvalue weighted by molar-refractivity contribution is 0.527. The summed E-state index contributed by atoms with van der Waals surface area (Å²) in [5.41, 5.74) is 4.19. The Balaban J connectivity index is 2.33. The number of nitrogens with one attached hydrogen (secondary N) is 1. The van der Waals surface area contributed by atoms with Crippen LogP contribution in [-0.2, 0) is 6.42 Å². The molecule has 0 saturated carbocycles. The van der Waals surface area contributed by atoms with Gasteiger partial charge in [-0.3, -0.25) is 11.3 Å². The van der Waals surface area contributed by atoms with Crippen LogP contribution >= 0.6 is 43.5 Å². The lowest BCUT2D eigenvalue weighted by atomic mass is 9.99. The van der Waals surface area contributed by atoms with Crippen molar-refractivity contribution < 1.29 is 4.39 Å². The number of halogens is 4. The molecule has 2 aromatic carbocycles. The molecule has 0 aromatic heterocycles. The molecule has 2 aromatic rings. The maximum Gasteiger partial charge on any atom is 0.126 e. The third-order valence-electron chi connectivity index (χ3n) is 2.97. The first-order chi connectivity index (χ1) is 9.51. The van der Waals surface area contributed by atoms with E-state index >= 15 is 0 Å². The van der Waals surface area contributed by atoms with Crippen molar-refractivity contribution in [1.29, 1.82) is 0 Å². The minimum Gasteiger partial charge on any atom is -0.271 e. The Morgan fingerprint density at radius 2 is 1.95 bits per heavy atom. The average Bonchev–Trinajstić information content (AvgIpc) is 2.42. The van der Waals surface area contributed by atoms with Crippen LogP contribution in [0.1, 0.15) is 17.2 Å². The summed E-state index contributed by atoms with van der Waals surface area (Å²) in [7, 11) is 0. The van der Waals surface area contributed by atoms with E-state index in [-0.39, 0.29) is 11.9 Å². The van der Waals surface area contributed by atoms with E-state index in [1.54, 1.807) is 6.07 Å². The predicted molar refractivity (Wildman–Crippen MR) is 87.0 cm³/mol. The first-order valence-corrected chi connectivity index (χ1v) is 7.82. The fourth-order valence-electron chi connectivity index (χ4n) is 1.96. The zero-order chi connectivity index (χ0) is 14.7. The van der Waals surface area contributed by atoms with E-state index in [1.807, 2.05) is 18.2 Å². The summed E-state index contributed by atoms with van der Waals surface area (Å²) in [6.45, 7) is 0. The Hall–Kier alpha value is -0.460. The lowest BCUT2D eigenvalue weighted by Crippen LogP contribution is -2.30. The van der Waals surface area contributed by atoms with Crippen molar-refractivity contribution in [2.75, 3.05) is 0 Å². The molecule has 0 bridgehead atoms. The molecule has 0 aliphatic heterocycles. The minimum atomic E-state index is -0.291. The molecule has 3 N–H and O–H groups in total. The van der Waals surface area contributed by atoms with Gasteiger partial charge in [0.25, 0.3) is 0 Å². The van der Waals surface area contributed by atoms with Gasteiger partial charge in [0, 0.05) is 14.0 Å². The van der Waals surface area contributed by atoms with E-state index in [9.17, 15) is 4.39 Å². The average molecular weight is 423 g/mol. The van der Waals surface area contributed by atoms with Crippen molar-refractivity contribution in [2.45, 2.75) is 12.5 Å². The Morgan fingerprint density at radius 1 is 1.20 bits per heavy atom. The molecule has 1 unspecified atom stereocenters. The van der Waals surface area contributed by atoms with Gasteiger partial charge in [-0.1, -0.05) is 43.5 Å². The summed E-state index contributed by atoms with van der Waals surface area (Å²) in [5, 5.41) is 0.505. The number of nitrogens with two attached hydrogens (primary N) is 1. The molecule has 0 radical (unpaired) electrons. The standard InChI is InChI=1S/C14H12Br2ClFN2/c15-9-1-3-12(16)11(7-9)14(20-19)6-8-5-10(17)2-4-13(8)18/h1-5,7,14,20H,6,19H2. The van der Waals surface area contributed by atoms with E-state index < -0.39 is 0 Å². The van der Waals surface area contributed by atoms with Crippen molar-refractivity contribution in [2.24, 2.45) is 5.84 Å². The molecule has 106 valence electrons. The molecule has 0 spiro atoms. The fraction of sp³-hybridized carbons (Fsp3) is 0.143. The summed E-state index contributed by atoms with van der Waals surface area (Å²) in [5.74, 6) is 5.33. The lowest BCUT2D eigenvalue weighted by Gasteiger charge is -2.19. The predicted octanol–water partition coefficient (Wildman–Crippen LogP) is 4.75. The van der Waals surface area contributed by atoms with Gasteiger partial charge in [-0.15, -0.1) is 0 Å². The Kier molecular flexibility index (Phi) is 5.57. The molecular formula is C14H12Br2ClFN2. The molecule has 2 nitrogen and oxygen atoms in total. The molecule has 0 aliphatic rings. The molecule has 0 amide bonds. The Labute approximate surface area is 138 Å². The second kappa shape index (κ2) is 7.00. The highest BCUT2D eigenvalue weighted by molar-refractivity contribution is 9.11. The van der Waals surface area contributed by atoms with E-state index in [4.69, 9.17) is 17.4 Å². The van der Waals surface area contributed by atoms with Gasteiger partial charge in [0.15, 0.2) is 0 Å². The third-order valence-corrected chi connectivity index (χ3v) is 4.42. The van der Waals surface area contributed by atoms with Crippen molar-refractivity contribution in [1.82, 2.24) is 5.43 Å². The van der Waals surface area contributed by atoms with Gasteiger partial charge in [0.2, 0.25) is 0 Å². The third kappa shape index (κ3) is 3.80. The molecule has 0 saturated heterocycles. The normalized spacial score (nSPS) is 12.4. The van der Waals surface area contributed by atoms with E-state index in [0.717, 1.165) is 14.5 Å². The molecule has 0 heterocycles. The second-order valence-electron chi connectivity index (χ2n) is 4.32. The maximum atomic E-state index is 13.8. The van der Waals surface area contributed by atoms with Crippen LogP contribution in [0.3, 0.4) is 0 Å². The molecule has 0 fully saturated rings. The summed E-state index contributed by atoms with van der Waals surface area (Å²) in [6, 6.07) is 10.1. The molecule has 2 rings (SSSR count). The highest BCUT2D eigenvalue weighted by Gasteiger charge is 2.16. The number of hydrazine groups is 1. The maximum absolute atomic E-state index is 13.8. The number of rotatable bonds is 4. The first kappa shape index (κ1) is 15.9. The van der Waals surface area contributed by atoms with Crippen LogP contribution in [0.5, 0.6) is 0 Å². The molecular weight excluding hydrogens is 410 g/mol. The van der Waals surface area contributed by atoms with Crippen LogP contribution < -0.4 is 11.3 Å². The van der Waals surface area contributed by atoms with Gasteiger partial charge in [0.05, 0.1) is 6.04 Å². The summed E-state index contributed by atoms with van der Waals surface area (Å²) >= 11 is 12.8. The quantitative estimate of drug-likeness (QED) is 0.551. The molecule has 6 heteroatoms. The van der Waals surface area contributed by atoms with E-state index in [0.29, 0.717) is 17.0 Å². The van der Waals surface area contributed by atoms with Crippen LogP contribution in [0.15, 0.2) is 45.3 Å². The van der Waals surface area contributed by atoms with E-state index in [1.165, 1.54) is 12.1 Å². The molecule has 0 aliphatic carbocycles. The fourth-order valence-corrected chi connectivity index (χ4v) is 3.06. The zero-order valence-corrected chi connectivity index (χ0v) is 14.3. The van der Waals surface area contributed by atoms with Crippen molar-refractivity contribution in [3.63, 3.8) is 0 Å². The van der Waals surface area contributed by atoms with Crippen LogP contribution in [0.2, 0.25) is 5.02 Å². The van der Waals surface area contributed by atoms with Gasteiger partial charge in [0.1, 0.15) is 5.82 Å². The van der Waals surface area contributed by atoms with Crippen LogP contribution in [-0.4, -0.2) is 0 Å². The Bertz CT molecular complexity index is 622. The number of hydrogen-bond acceptors (Lipinski definition) is 2. The van der Waals surface area contributed by atoms with Crippen molar-refractivity contribution >= 4 is 43.5 Å². The monoisotopic (exact) mass is 420 g/mol. The second-order valence-corrected chi connectivity index (χ2v) is 6.53. The largest absolute Gasteiger partial charge is 0.271 e. The first-order valence-electron chi connectivity index (χ1n) is 5.86.